The van der Waals surface area contributed by atoms with Gasteiger partial charge in [0, 0.05) is 7.05 Å². The highest BCUT2D eigenvalue weighted by Gasteiger charge is 2.35. The van der Waals surface area contributed by atoms with Crippen LogP contribution in [0, 0.1) is 0 Å². The molecule has 1 saturated heterocycles. The molecule has 7 heteroatoms. The fraction of sp³-hybridized carbons (Fsp3) is 0.263. The van der Waals surface area contributed by atoms with Crippen LogP contribution in [-0.4, -0.2) is 42.2 Å². The standard InChI is InChI=1S/C19H18N2O4S/c1-21-18(22)17(10-12-3-8-15-16(9-12)25-11-24-15)26-19(21)20-13-4-6-14(23-2)7-5-13/h3-9,17H,10-11H2,1-2H3/t17-/m0/s1. The molecule has 1 amide bonds. The van der Waals surface area contributed by atoms with Gasteiger partial charge in [0.25, 0.3) is 0 Å². The summed E-state index contributed by atoms with van der Waals surface area (Å²) in [4.78, 5) is 18.8. The highest BCUT2D eigenvalue weighted by molar-refractivity contribution is 8.15. The number of carbonyl (C=O) groups excluding carboxylic acids is 1. The van der Waals surface area contributed by atoms with Crippen molar-refractivity contribution >= 4 is 28.5 Å². The lowest BCUT2D eigenvalue weighted by molar-refractivity contribution is -0.125. The first-order valence-electron chi connectivity index (χ1n) is 8.19. The van der Waals surface area contributed by atoms with E-state index in [2.05, 4.69) is 4.99 Å². The Balaban J connectivity index is 1.50. The number of thioether (sulfide) groups is 1. The van der Waals surface area contributed by atoms with Crippen molar-refractivity contribution in [2.24, 2.45) is 4.99 Å². The molecule has 0 unspecified atom stereocenters. The van der Waals surface area contributed by atoms with E-state index in [1.165, 1.54) is 11.8 Å². The van der Waals surface area contributed by atoms with E-state index in [0.29, 0.717) is 11.6 Å². The van der Waals surface area contributed by atoms with Gasteiger partial charge in [-0.3, -0.25) is 9.69 Å². The number of fused-ring (bicyclic) bond motifs is 1. The molecular formula is C19H18N2O4S. The van der Waals surface area contributed by atoms with Crippen LogP contribution in [0.2, 0.25) is 0 Å². The number of amidine groups is 1. The maximum absolute atomic E-state index is 12.6. The van der Waals surface area contributed by atoms with Crippen molar-refractivity contribution < 1.29 is 19.0 Å². The summed E-state index contributed by atoms with van der Waals surface area (Å²) in [7, 11) is 3.39. The fourth-order valence-electron chi connectivity index (χ4n) is 2.85. The topological polar surface area (TPSA) is 60.4 Å². The van der Waals surface area contributed by atoms with Gasteiger partial charge in [0.05, 0.1) is 18.0 Å². The number of carbonyl (C=O) groups is 1. The first kappa shape index (κ1) is 16.8. The molecule has 0 spiro atoms. The molecule has 134 valence electrons. The van der Waals surface area contributed by atoms with Crippen LogP contribution in [0.1, 0.15) is 5.56 Å². The number of hydrogen-bond donors (Lipinski definition) is 0. The second-order valence-corrected chi connectivity index (χ2v) is 7.16. The van der Waals surface area contributed by atoms with Gasteiger partial charge in [0.1, 0.15) is 5.75 Å². The van der Waals surface area contributed by atoms with E-state index in [9.17, 15) is 4.79 Å². The second kappa shape index (κ2) is 6.92. The lowest BCUT2D eigenvalue weighted by Gasteiger charge is -2.09. The van der Waals surface area contributed by atoms with E-state index in [-0.39, 0.29) is 18.0 Å². The van der Waals surface area contributed by atoms with Crippen LogP contribution >= 0.6 is 11.8 Å². The van der Waals surface area contributed by atoms with Crippen molar-refractivity contribution in [3.63, 3.8) is 0 Å². The Kier molecular flexibility index (Phi) is 4.46. The Bertz CT molecular complexity index is 866. The Morgan fingerprint density at radius 1 is 1.19 bits per heavy atom. The van der Waals surface area contributed by atoms with Crippen molar-refractivity contribution in [2.45, 2.75) is 11.7 Å². The third-order valence-electron chi connectivity index (χ3n) is 4.30. The zero-order chi connectivity index (χ0) is 18.1. The van der Waals surface area contributed by atoms with Crippen LogP contribution in [0.15, 0.2) is 47.5 Å². The normalized spacial score (nSPS) is 20.1. The van der Waals surface area contributed by atoms with Crippen LogP contribution in [0.25, 0.3) is 0 Å². The molecule has 0 saturated carbocycles. The Morgan fingerprint density at radius 2 is 1.96 bits per heavy atom. The van der Waals surface area contributed by atoms with E-state index in [1.807, 2.05) is 42.5 Å². The molecule has 2 aliphatic rings. The number of methoxy groups -OCH3 is 1. The molecule has 0 aromatic heterocycles. The minimum Gasteiger partial charge on any atom is -0.497 e. The van der Waals surface area contributed by atoms with Crippen LogP contribution < -0.4 is 14.2 Å². The summed E-state index contributed by atoms with van der Waals surface area (Å²) >= 11 is 1.48. The number of ether oxygens (including phenoxy) is 3. The summed E-state index contributed by atoms with van der Waals surface area (Å²) in [5.74, 6) is 2.31. The van der Waals surface area contributed by atoms with Crippen molar-refractivity contribution in [3.05, 3.63) is 48.0 Å². The minimum atomic E-state index is -0.197. The van der Waals surface area contributed by atoms with E-state index in [1.54, 1.807) is 19.1 Å². The van der Waals surface area contributed by atoms with Gasteiger partial charge in [0.15, 0.2) is 16.7 Å². The molecule has 2 aliphatic heterocycles. The van der Waals surface area contributed by atoms with Gasteiger partial charge in [0.2, 0.25) is 12.7 Å². The average Bonchev–Trinajstić information content (AvgIpc) is 3.23. The molecule has 1 fully saturated rings. The van der Waals surface area contributed by atoms with Gasteiger partial charge < -0.3 is 14.2 Å². The Hall–Kier alpha value is -2.67. The van der Waals surface area contributed by atoms with Gasteiger partial charge >= 0.3 is 0 Å². The van der Waals surface area contributed by atoms with E-state index in [4.69, 9.17) is 14.2 Å². The van der Waals surface area contributed by atoms with Crippen molar-refractivity contribution in [3.8, 4) is 17.2 Å². The summed E-state index contributed by atoms with van der Waals surface area (Å²) in [6.07, 6.45) is 0.617. The fourth-order valence-corrected chi connectivity index (χ4v) is 4.04. The van der Waals surface area contributed by atoms with E-state index in [0.717, 1.165) is 28.5 Å². The molecule has 26 heavy (non-hydrogen) atoms. The lowest BCUT2D eigenvalue weighted by Crippen LogP contribution is -2.28. The predicted octanol–water partition coefficient (Wildman–Crippen LogP) is 3.23. The average molecular weight is 370 g/mol. The molecule has 0 bridgehead atoms. The highest BCUT2D eigenvalue weighted by Crippen LogP contribution is 2.35. The summed E-state index contributed by atoms with van der Waals surface area (Å²) < 4.78 is 15.9. The van der Waals surface area contributed by atoms with Gasteiger partial charge in [-0.1, -0.05) is 17.8 Å². The summed E-state index contributed by atoms with van der Waals surface area (Å²) in [6, 6.07) is 13.2. The monoisotopic (exact) mass is 370 g/mol. The first-order valence-corrected chi connectivity index (χ1v) is 9.07. The van der Waals surface area contributed by atoms with Crippen molar-refractivity contribution in [1.29, 1.82) is 0 Å². The molecule has 2 heterocycles. The third kappa shape index (κ3) is 3.22. The zero-order valence-electron chi connectivity index (χ0n) is 14.5. The quantitative estimate of drug-likeness (QED) is 0.827. The first-order chi connectivity index (χ1) is 12.6. The van der Waals surface area contributed by atoms with Crippen molar-refractivity contribution in [1.82, 2.24) is 4.90 Å². The number of nitrogens with zero attached hydrogens (tertiary/aromatic N) is 2. The number of benzene rings is 2. The van der Waals surface area contributed by atoms with Gasteiger partial charge in [-0.15, -0.1) is 0 Å². The smallest absolute Gasteiger partial charge is 0.242 e. The number of rotatable bonds is 4. The minimum absolute atomic E-state index is 0.0555. The molecule has 0 N–H and O–H groups in total. The number of hydrogen-bond acceptors (Lipinski definition) is 6. The molecule has 6 nitrogen and oxygen atoms in total. The summed E-state index contributed by atoms with van der Waals surface area (Å²) in [5.41, 5.74) is 1.83. The largest absolute Gasteiger partial charge is 0.497 e. The van der Waals surface area contributed by atoms with Crippen LogP contribution in [0.5, 0.6) is 17.2 Å². The molecular weight excluding hydrogens is 352 g/mol. The van der Waals surface area contributed by atoms with E-state index >= 15 is 0 Å². The SMILES string of the molecule is COc1ccc(N=C2S[C@@H](Cc3ccc4c(c3)OCO4)C(=O)N2C)cc1. The van der Waals surface area contributed by atoms with Gasteiger partial charge in [-0.25, -0.2) is 4.99 Å². The van der Waals surface area contributed by atoms with Gasteiger partial charge in [-0.2, -0.15) is 0 Å². The molecule has 2 aromatic carbocycles. The van der Waals surface area contributed by atoms with Crippen LogP contribution in [0.3, 0.4) is 0 Å². The molecule has 4 rings (SSSR count). The maximum Gasteiger partial charge on any atom is 0.242 e. The predicted molar refractivity (Wildman–Crippen MR) is 101 cm³/mol. The van der Waals surface area contributed by atoms with E-state index < -0.39 is 0 Å². The number of aliphatic imine (C=N–C) groups is 1. The lowest BCUT2D eigenvalue weighted by atomic mass is 10.1. The molecule has 0 aliphatic carbocycles. The number of amides is 1. The highest BCUT2D eigenvalue weighted by atomic mass is 32.2. The van der Waals surface area contributed by atoms with Crippen LogP contribution in [-0.2, 0) is 11.2 Å². The summed E-state index contributed by atoms with van der Waals surface area (Å²) in [5, 5.41) is 0.503. The third-order valence-corrected chi connectivity index (χ3v) is 5.52. The zero-order valence-corrected chi connectivity index (χ0v) is 15.3. The maximum atomic E-state index is 12.6. The van der Waals surface area contributed by atoms with Crippen molar-refractivity contribution in [2.75, 3.05) is 21.0 Å². The molecule has 0 radical (unpaired) electrons. The Labute approximate surface area is 155 Å². The van der Waals surface area contributed by atoms with Crippen LogP contribution in [0.4, 0.5) is 5.69 Å². The molecule has 1 atom stereocenters. The Morgan fingerprint density at radius 3 is 2.73 bits per heavy atom. The summed E-state index contributed by atoms with van der Waals surface area (Å²) in [6.45, 7) is 0.247. The van der Waals surface area contributed by atoms with Gasteiger partial charge in [-0.05, 0) is 48.4 Å². The molecule has 2 aromatic rings. The second-order valence-electron chi connectivity index (χ2n) is 5.99.